The summed E-state index contributed by atoms with van der Waals surface area (Å²) < 4.78 is 6.38. The molecular formula is C101H140N26O13S. The highest BCUT2D eigenvalue weighted by molar-refractivity contribution is 7.16. The first-order chi connectivity index (χ1) is 68.4. The lowest BCUT2D eigenvalue weighted by Gasteiger charge is -2.35. The minimum absolute atomic E-state index is 0.0674. The molecule has 40 heteroatoms. The molecule has 4 saturated carbocycles. The van der Waals surface area contributed by atoms with Gasteiger partial charge in [-0.05, 0) is 210 Å². The number of anilines is 2. The predicted molar refractivity (Wildman–Crippen MR) is 534 cm³/mol. The smallest absolute Gasteiger partial charge is 0.262 e. The Hall–Kier alpha value is -12.7. The summed E-state index contributed by atoms with van der Waals surface area (Å²) in [6, 6.07) is 31.3. The minimum Gasteiger partial charge on any atom is -0.343 e. The van der Waals surface area contributed by atoms with E-state index in [0.717, 1.165) is 174 Å². The summed E-state index contributed by atoms with van der Waals surface area (Å²) in [5, 5.41) is 58.7. The third-order valence-corrected chi connectivity index (χ3v) is 29.6. The number of carbonyl (C=O) groups is 12. The highest BCUT2D eigenvalue weighted by Crippen LogP contribution is 2.38. The van der Waals surface area contributed by atoms with E-state index in [1.807, 2.05) is 128 Å². The zero-order chi connectivity index (χ0) is 100. The lowest BCUT2D eigenvalue weighted by Crippen LogP contribution is -2.58. The van der Waals surface area contributed by atoms with Crippen molar-refractivity contribution >= 4 is 93.0 Å². The molecule has 39 nitrogen and oxygen atoms in total. The number of nitrogens with zero attached hydrogens (tertiary/aromatic N) is 14. The maximum Gasteiger partial charge on any atom is 0.262 e. The number of benzene rings is 4. The number of carbonyl (C=O) groups excluding carboxylic acids is 12. The Balaban J connectivity index is 0.000000158. The molecule has 8 fully saturated rings. The van der Waals surface area contributed by atoms with Crippen LogP contribution in [0.3, 0.4) is 0 Å². The highest BCUT2D eigenvalue weighted by Gasteiger charge is 2.47. The van der Waals surface area contributed by atoms with Crippen LogP contribution < -0.4 is 64.0 Å². The maximum atomic E-state index is 13.9. The second-order valence-corrected chi connectivity index (χ2v) is 39.2. The Morgan fingerprint density at radius 3 is 1.05 bits per heavy atom. The van der Waals surface area contributed by atoms with Gasteiger partial charge in [0.1, 0.15) is 65.4 Å². The lowest BCUT2D eigenvalue weighted by atomic mass is 9.83. The van der Waals surface area contributed by atoms with Crippen LogP contribution in [0.15, 0.2) is 132 Å². The minimum atomic E-state index is -0.653. The van der Waals surface area contributed by atoms with Crippen LogP contribution in [0.2, 0.25) is 0 Å². The molecule has 141 heavy (non-hydrogen) atoms. The molecule has 12 atom stereocenters. The second-order valence-electron chi connectivity index (χ2n) is 38.0. The van der Waals surface area contributed by atoms with Crippen molar-refractivity contribution in [3.8, 4) is 45.3 Å². The standard InChI is InChI=1S/C27H37N5O3S.C25H35N7O3.C25H34N6O4.C24H34N8O3/c1-17(28-3)24(33)30-23(20-13-8-5-9-14-20)27(35)32-16-10-15-21(32)25(34)31-26-22(29-18(2)36-26)19-11-6-4-7-12-19;1-17(26-2)23(33)28-21(18-10-5-3-6-11-18)25(35)31-15-9-14-20(31)24(34)30-32-16-27-29-22(32)19-12-7-4-8-13-19;1-16(26-2)23(32)27-21(18-12-7-4-8-13-18)25(34)31-15-9-14-19(31)24(33)28-22-20(29-35-30-22)17-10-5-3-6-11-17;1-16(25-2)22(33)26-20(17-10-5-3-6-11-17)24(35)31-15-9-14-19(31)23(34)28-32-21(27-29-30-32)18-12-7-4-8-13-18/h4,6-7,11-12,17,20-21,23,28H,5,8-10,13-16H2,1-3H3,(H,30,33)(H,31,34);4,7-8,12-13,16-18,20-21,26H,3,5-6,9-11,14-15H2,1-2H3,(H,28,33)(H,30,34);3,5-6,10-11,16,18-19,21,26H,4,7-9,12-15H2,1-2H3,(H,27,32)(H,28,30,33);4,7-8,12-13,16-17,19-20,25H,3,5-6,9-11,14-15H2,1-2H3,(H,26,33)(H,28,34)/t17-,21-,23-;17-,20-,21-;16-,19-,21-;16-,19-,20-/m0000/s1. The van der Waals surface area contributed by atoms with Gasteiger partial charge in [-0.25, -0.2) is 19.7 Å². The molecule has 4 aromatic carbocycles. The molecule has 12 amide bonds. The molecule has 8 aliphatic rings. The summed E-state index contributed by atoms with van der Waals surface area (Å²) >= 11 is 1.44. The van der Waals surface area contributed by atoms with Crippen LogP contribution in [0.25, 0.3) is 45.3 Å². The molecule has 4 saturated heterocycles. The molecular weight excluding hydrogens is 1820 g/mol. The Kier molecular flexibility index (Phi) is 39.1. The zero-order valence-corrected chi connectivity index (χ0v) is 83.3. The number of likely N-dealkylation sites (tertiary alicyclic amines) is 4. The van der Waals surface area contributed by atoms with Crippen molar-refractivity contribution in [1.29, 1.82) is 0 Å². The number of rotatable bonds is 32. The first kappa shape index (κ1) is 106. The fraction of sp³-hybridized carbons (Fsp3) is 0.564. The molecule has 4 aromatic heterocycles. The molecule has 0 spiro atoms. The molecule has 0 bridgehead atoms. The quantitative estimate of drug-likeness (QED) is 0.0187. The van der Waals surface area contributed by atoms with Crippen LogP contribution in [0.1, 0.15) is 212 Å². The summed E-state index contributed by atoms with van der Waals surface area (Å²) in [5.74, 6) is -1.20. The van der Waals surface area contributed by atoms with E-state index in [1.165, 1.54) is 27.1 Å². The van der Waals surface area contributed by atoms with Crippen LogP contribution in [0.4, 0.5) is 10.8 Å². The van der Waals surface area contributed by atoms with Gasteiger partial charge >= 0.3 is 0 Å². The molecule has 12 N–H and O–H groups in total. The molecule has 0 unspecified atom stereocenters. The normalized spacial score (nSPS) is 20.2. The summed E-state index contributed by atoms with van der Waals surface area (Å²) in [6.45, 7) is 11.0. The summed E-state index contributed by atoms with van der Waals surface area (Å²) in [5.41, 5.74) is 10.1. The van der Waals surface area contributed by atoms with Gasteiger partial charge < -0.3 is 72.8 Å². The predicted octanol–water partition coefficient (Wildman–Crippen LogP) is 8.81. The van der Waals surface area contributed by atoms with Gasteiger partial charge in [0, 0.05) is 48.4 Å². The zero-order valence-electron chi connectivity index (χ0n) is 82.5. The molecule has 4 aliphatic carbocycles. The van der Waals surface area contributed by atoms with Crippen LogP contribution in [0, 0.1) is 30.6 Å². The summed E-state index contributed by atoms with van der Waals surface area (Å²) in [7, 11) is 6.88. The first-order valence-electron chi connectivity index (χ1n) is 50.4. The largest absolute Gasteiger partial charge is 0.343 e. The van der Waals surface area contributed by atoms with Gasteiger partial charge in [0.05, 0.1) is 29.2 Å². The van der Waals surface area contributed by atoms with E-state index in [2.05, 4.69) is 105 Å². The van der Waals surface area contributed by atoms with Crippen molar-refractivity contribution in [1.82, 2.24) is 113 Å². The monoisotopic (exact) mass is 1960 g/mol. The Labute approximate surface area is 827 Å². The van der Waals surface area contributed by atoms with Crippen LogP contribution in [-0.4, -0.2) is 268 Å². The highest BCUT2D eigenvalue weighted by atomic mass is 32.1. The van der Waals surface area contributed by atoms with Crippen LogP contribution in [0.5, 0.6) is 0 Å². The molecule has 758 valence electrons. The maximum absolute atomic E-state index is 13.9. The number of aryl methyl sites for hydroxylation is 1. The number of aromatic nitrogens is 10. The topological polar surface area (TPSA) is 488 Å². The van der Waals surface area contributed by atoms with Crippen LogP contribution in [-0.2, 0) is 57.5 Å². The molecule has 0 radical (unpaired) electrons. The van der Waals surface area contributed by atoms with E-state index >= 15 is 0 Å². The van der Waals surface area contributed by atoms with Crippen molar-refractivity contribution in [3.63, 3.8) is 0 Å². The van der Waals surface area contributed by atoms with E-state index in [4.69, 9.17) is 4.63 Å². The SMILES string of the molecule is CN[C@@H](C)C(=O)N[C@H](C(=O)N1CCC[C@H]1C(=O)Nc1nonc1-c1ccccc1)C1CCCCC1.CN[C@@H](C)C(=O)N[C@H](C(=O)N1CCC[C@H]1C(=O)Nc1sc(C)nc1-c1ccccc1)C1CCCCC1.CN[C@@H](C)C(=O)N[C@H](C(=O)N1CCC[C@H]1C(=O)Nn1cnnc1-c1ccccc1)C1CCCCC1.CN[C@@H](C)C(=O)N[C@H](C(=O)N1CCC[C@H]1C(=O)Nn1nnnc1-c1ccccc1)C1CCCCC1. The lowest BCUT2D eigenvalue weighted by molar-refractivity contribution is -0.142. The van der Waals surface area contributed by atoms with Gasteiger partial charge in [-0.1, -0.05) is 198 Å². The fourth-order valence-corrected chi connectivity index (χ4v) is 21.1. The van der Waals surface area contributed by atoms with E-state index in [-0.39, 0.29) is 100 Å². The number of nitrogens with one attached hydrogen (secondary N) is 12. The molecule has 8 aromatic rings. The molecule has 4 aliphatic heterocycles. The fourth-order valence-electron chi connectivity index (χ4n) is 20.2. The average Bonchev–Trinajstić information content (AvgIpc) is 1.70. The average molecular weight is 1960 g/mol. The van der Waals surface area contributed by atoms with Crippen LogP contribution >= 0.6 is 11.3 Å². The van der Waals surface area contributed by atoms with E-state index in [9.17, 15) is 57.5 Å². The number of tetrazole rings is 1. The summed E-state index contributed by atoms with van der Waals surface area (Å²) in [4.78, 5) is 172. The van der Waals surface area contributed by atoms with Crippen molar-refractivity contribution < 1.29 is 62.2 Å². The van der Waals surface area contributed by atoms with Crippen molar-refractivity contribution in [3.05, 3.63) is 133 Å². The van der Waals surface area contributed by atoms with Gasteiger partial charge in [0.15, 0.2) is 11.5 Å². The van der Waals surface area contributed by atoms with Crippen molar-refractivity contribution in [2.45, 2.75) is 287 Å². The Morgan fingerprint density at radius 2 is 0.688 bits per heavy atom. The third-order valence-electron chi connectivity index (χ3n) is 28.7. The van der Waals surface area contributed by atoms with Crippen molar-refractivity contribution in [2.75, 3.05) is 75.9 Å². The van der Waals surface area contributed by atoms with Gasteiger partial charge in [-0.15, -0.1) is 31.4 Å². The van der Waals surface area contributed by atoms with Gasteiger partial charge in [-0.2, -0.15) is 0 Å². The molecule has 16 rings (SSSR count). The van der Waals surface area contributed by atoms with E-state index in [1.54, 1.807) is 75.5 Å². The van der Waals surface area contributed by atoms with Gasteiger partial charge in [-0.3, -0.25) is 63.0 Å². The van der Waals surface area contributed by atoms with E-state index in [0.29, 0.717) is 87.0 Å². The number of likely N-dealkylation sites (N-methyl/N-ethyl adjacent to an activating group) is 4. The molecule has 8 heterocycles. The van der Waals surface area contributed by atoms with E-state index < -0.39 is 72.5 Å². The second kappa shape index (κ2) is 52.2. The first-order valence-corrected chi connectivity index (χ1v) is 51.2. The Morgan fingerprint density at radius 1 is 0.362 bits per heavy atom. The summed E-state index contributed by atoms with van der Waals surface area (Å²) in [6.07, 6.45) is 26.8. The van der Waals surface area contributed by atoms with Gasteiger partial charge in [0.2, 0.25) is 70.7 Å². The number of hydrogen-bond donors (Lipinski definition) is 12. The number of hydrogen-bond acceptors (Lipinski definition) is 26. The number of amides is 12. The van der Waals surface area contributed by atoms with Crippen molar-refractivity contribution in [2.24, 2.45) is 23.7 Å². The van der Waals surface area contributed by atoms with Gasteiger partial charge in [0.25, 0.3) is 11.8 Å². The Bertz CT molecular complexity index is 5060. The number of thiazole rings is 1. The third kappa shape index (κ3) is 27.6.